The summed E-state index contributed by atoms with van der Waals surface area (Å²) in [5.41, 5.74) is 12.3. The summed E-state index contributed by atoms with van der Waals surface area (Å²) in [6.07, 6.45) is 0.808. The Morgan fingerprint density at radius 1 is 1.16 bits per heavy atom. The van der Waals surface area contributed by atoms with E-state index in [1.54, 1.807) is 12.1 Å². The van der Waals surface area contributed by atoms with Crippen LogP contribution in [0.1, 0.15) is 32.9 Å². The summed E-state index contributed by atoms with van der Waals surface area (Å²) in [6.45, 7) is 4.10. The molecule has 0 aliphatic heterocycles. The number of nitrogens with zero attached hydrogens (tertiary/aromatic N) is 2. The molecule has 0 spiro atoms. The highest BCUT2D eigenvalue weighted by atomic mass is 16.1. The number of anilines is 2. The van der Waals surface area contributed by atoms with Crippen molar-refractivity contribution in [3.63, 3.8) is 0 Å². The zero-order chi connectivity index (χ0) is 18.0. The topological polar surface area (TPSA) is 72.9 Å². The van der Waals surface area contributed by atoms with Crippen molar-refractivity contribution in [1.29, 1.82) is 0 Å². The highest BCUT2D eigenvalue weighted by molar-refractivity contribution is 6.04. The van der Waals surface area contributed by atoms with Crippen molar-refractivity contribution >= 4 is 17.3 Å². The molecule has 128 valence electrons. The minimum absolute atomic E-state index is 0.147. The van der Waals surface area contributed by atoms with Crippen molar-refractivity contribution in [3.05, 3.63) is 76.6 Å². The second-order valence-corrected chi connectivity index (χ2v) is 6.23. The molecule has 0 atom stereocenters. The summed E-state index contributed by atoms with van der Waals surface area (Å²) in [7, 11) is 1.95. The summed E-state index contributed by atoms with van der Waals surface area (Å²) in [4.78, 5) is 12.3. The van der Waals surface area contributed by atoms with Gasteiger partial charge in [0.2, 0.25) is 0 Å². The fraction of sp³-hybridized carbons (Fsp3) is 0.200. The van der Waals surface area contributed by atoms with E-state index in [1.807, 2.05) is 55.1 Å². The number of benzene rings is 2. The first-order valence-corrected chi connectivity index (χ1v) is 8.19. The maximum absolute atomic E-state index is 12.3. The standard InChI is InChI=1S/C20H22N4O/c1-13-19(14(2)24(3)23-13)11-15-7-9-16(10-8-15)20(25)22-18-6-4-5-17(21)12-18/h4-10,12H,11,21H2,1-3H3,(H,22,25). The number of nitrogens with one attached hydrogen (secondary N) is 1. The molecular weight excluding hydrogens is 312 g/mol. The van der Waals surface area contributed by atoms with Crippen molar-refractivity contribution in [2.24, 2.45) is 7.05 Å². The third kappa shape index (κ3) is 3.71. The van der Waals surface area contributed by atoms with Crippen LogP contribution in [-0.4, -0.2) is 15.7 Å². The molecule has 1 aromatic heterocycles. The lowest BCUT2D eigenvalue weighted by atomic mass is 10.0. The maximum Gasteiger partial charge on any atom is 0.255 e. The molecule has 2 aromatic carbocycles. The van der Waals surface area contributed by atoms with E-state index in [9.17, 15) is 4.79 Å². The Labute approximate surface area is 147 Å². The first-order chi connectivity index (χ1) is 11.9. The minimum atomic E-state index is -0.147. The minimum Gasteiger partial charge on any atom is -0.399 e. The van der Waals surface area contributed by atoms with Crippen molar-refractivity contribution < 1.29 is 4.79 Å². The highest BCUT2D eigenvalue weighted by Gasteiger charge is 2.11. The van der Waals surface area contributed by atoms with Crippen LogP contribution < -0.4 is 11.1 Å². The van der Waals surface area contributed by atoms with E-state index in [0.29, 0.717) is 16.9 Å². The van der Waals surface area contributed by atoms with Crippen LogP contribution in [0, 0.1) is 13.8 Å². The number of hydrogen-bond donors (Lipinski definition) is 2. The number of carbonyl (C=O) groups is 1. The van der Waals surface area contributed by atoms with Gasteiger partial charge in [0.15, 0.2) is 0 Å². The summed E-state index contributed by atoms with van der Waals surface area (Å²) < 4.78 is 1.90. The Morgan fingerprint density at radius 3 is 2.48 bits per heavy atom. The number of nitrogens with two attached hydrogens (primary N) is 1. The molecule has 0 bridgehead atoms. The van der Waals surface area contributed by atoms with Gasteiger partial charge in [-0.2, -0.15) is 5.10 Å². The van der Waals surface area contributed by atoms with E-state index < -0.39 is 0 Å². The molecule has 5 heteroatoms. The summed E-state index contributed by atoms with van der Waals surface area (Å²) >= 11 is 0. The van der Waals surface area contributed by atoms with Crippen molar-refractivity contribution in [3.8, 4) is 0 Å². The van der Waals surface area contributed by atoms with Gasteiger partial charge in [-0.15, -0.1) is 0 Å². The van der Waals surface area contributed by atoms with Gasteiger partial charge in [0.25, 0.3) is 5.91 Å². The molecule has 5 nitrogen and oxygen atoms in total. The molecule has 0 saturated heterocycles. The molecule has 0 radical (unpaired) electrons. The van der Waals surface area contributed by atoms with E-state index in [0.717, 1.165) is 17.7 Å². The molecule has 0 unspecified atom stereocenters. The van der Waals surface area contributed by atoms with Crippen LogP contribution in [0.5, 0.6) is 0 Å². The van der Waals surface area contributed by atoms with Gasteiger partial charge in [0.05, 0.1) is 5.69 Å². The fourth-order valence-corrected chi connectivity index (χ4v) is 2.87. The van der Waals surface area contributed by atoms with Crippen molar-refractivity contribution in [1.82, 2.24) is 9.78 Å². The molecule has 1 amide bonds. The van der Waals surface area contributed by atoms with Gasteiger partial charge in [0.1, 0.15) is 0 Å². The largest absolute Gasteiger partial charge is 0.399 e. The zero-order valence-corrected chi connectivity index (χ0v) is 14.7. The van der Waals surface area contributed by atoms with E-state index in [1.165, 1.54) is 11.3 Å². The fourth-order valence-electron chi connectivity index (χ4n) is 2.87. The molecule has 0 saturated carbocycles. The summed E-state index contributed by atoms with van der Waals surface area (Å²) in [6, 6.07) is 14.8. The molecule has 3 aromatic rings. The molecule has 3 N–H and O–H groups in total. The smallest absolute Gasteiger partial charge is 0.255 e. The lowest BCUT2D eigenvalue weighted by Gasteiger charge is -2.07. The SMILES string of the molecule is Cc1nn(C)c(C)c1Cc1ccc(C(=O)Nc2cccc(N)c2)cc1. The van der Waals surface area contributed by atoms with E-state index in [4.69, 9.17) is 5.73 Å². The number of aromatic nitrogens is 2. The number of nitrogen functional groups attached to an aromatic ring is 1. The van der Waals surface area contributed by atoms with E-state index in [2.05, 4.69) is 17.3 Å². The Hall–Kier alpha value is -3.08. The number of carbonyl (C=O) groups excluding carboxylic acids is 1. The average molecular weight is 334 g/mol. The molecule has 3 rings (SSSR count). The zero-order valence-electron chi connectivity index (χ0n) is 14.7. The van der Waals surface area contributed by atoms with Crippen LogP contribution in [-0.2, 0) is 13.5 Å². The van der Waals surface area contributed by atoms with E-state index >= 15 is 0 Å². The lowest BCUT2D eigenvalue weighted by molar-refractivity contribution is 0.102. The number of amides is 1. The Morgan fingerprint density at radius 2 is 1.88 bits per heavy atom. The van der Waals surface area contributed by atoms with Crippen LogP contribution in [0.4, 0.5) is 11.4 Å². The second-order valence-electron chi connectivity index (χ2n) is 6.23. The van der Waals surface area contributed by atoms with Crippen molar-refractivity contribution in [2.45, 2.75) is 20.3 Å². The molecule has 25 heavy (non-hydrogen) atoms. The Bertz CT molecular complexity index is 910. The Balaban J connectivity index is 1.72. The normalized spacial score (nSPS) is 10.7. The predicted octanol–water partition coefficient (Wildman–Crippen LogP) is 3.46. The first kappa shape index (κ1) is 16.8. The number of rotatable bonds is 4. The predicted molar refractivity (Wildman–Crippen MR) is 101 cm³/mol. The number of aryl methyl sites for hydroxylation is 2. The van der Waals surface area contributed by atoms with Gasteiger partial charge in [-0.1, -0.05) is 18.2 Å². The van der Waals surface area contributed by atoms with Crippen LogP contribution >= 0.6 is 0 Å². The third-order valence-electron chi connectivity index (χ3n) is 4.40. The van der Waals surface area contributed by atoms with Crippen LogP contribution in [0.15, 0.2) is 48.5 Å². The van der Waals surface area contributed by atoms with Crippen LogP contribution in [0.3, 0.4) is 0 Å². The third-order valence-corrected chi connectivity index (χ3v) is 4.40. The van der Waals surface area contributed by atoms with E-state index in [-0.39, 0.29) is 5.91 Å². The highest BCUT2D eigenvalue weighted by Crippen LogP contribution is 2.18. The van der Waals surface area contributed by atoms with Gasteiger partial charge in [-0.25, -0.2) is 0 Å². The van der Waals surface area contributed by atoms with Gasteiger partial charge in [-0.3, -0.25) is 9.48 Å². The molecular formula is C20H22N4O. The summed E-state index contributed by atoms with van der Waals surface area (Å²) in [5, 5.41) is 7.31. The van der Waals surface area contributed by atoms with Crippen LogP contribution in [0.2, 0.25) is 0 Å². The lowest BCUT2D eigenvalue weighted by Crippen LogP contribution is -2.12. The average Bonchev–Trinajstić information content (AvgIpc) is 2.82. The van der Waals surface area contributed by atoms with Gasteiger partial charge in [0, 0.05) is 41.7 Å². The molecule has 0 aliphatic rings. The number of hydrogen-bond acceptors (Lipinski definition) is 3. The monoisotopic (exact) mass is 334 g/mol. The van der Waals surface area contributed by atoms with Gasteiger partial charge >= 0.3 is 0 Å². The summed E-state index contributed by atoms with van der Waals surface area (Å²) in [5.74, 6) is -0.147. The molecule has 0 aliphatic carbocycles. The first-order valence-electron chi connectivity index (χ1n) is 8.19. The van der Waals surface area contributed by atoms with Gasteiger partial charge < -0.3 is 11.1 Å². The molecule has 0 fully saturated rings. The van der Waals surface area contributed by atoms with Crippen LogP contribution in [0.25, 0.3) is 0 Å². The molecule has 1 heterocycles. The quantitative estimate of drug-likeness (QED) is 0.718. The van der Waals surface area contributed by atoms with Crippen molar-refractivity contribution in [2.75, 3.05) is 11.1 Å². The second kappa shape index (κ2) is 6.81. The van der Waals surface area contributed by atoms with Gasteiger partial charge in [-0.05, 0) is 49.7 Å². The maximum atomic E-state index is 12.3. The Kier molecular flexibility index (Phi) is 4.57.